The van der Waals surface area contributed by atoms with Crippen LogP contribution in [0.3, 0.4) is 0 Å². The van der Waals surface area contributed by atoms with Gasteiger partial charge in [-0.25, -0.2) is 0 Å². The molecule has 0 radical (unpaired) electrons. The number of benzene rings is 1. The summed E-state index contributed by atoms with van der Waals surface area (Å²) in [4.78, 5) is 17.8. The van der Waals surface area contributed by atoms with Crippen LogP contribution in [-0.4, -0.2) is 17.0 Å². The lowest BCUT2D eigenvalue weighted by Crippen LogP contribution is -2.31. The number of fused-ring (bicyclic) bond motifs is 1. The summed E-state index contributed by atoms with van der Waals surface area (Å²) < 4.78 is 0. The van der Waals surface area contributed by atoms with E-state index >= 15 is 0 Å². The zero-order chi connectivity index (χ0) is 17.3. The molecule has 2 N–H and O–H groups in total. The molecule has 0 bridgehead atoms. The summed E-state index contributed by atoms with van der Waals surface area (Å²) in [7, 11) is 0. The fourth-order valence-electron chi connectivity index (χ4n) is 4.25. The second-order valence-corrected chi connectivity index (χ2v) is 8.17. The van der Waals surface area contributed by atoms with Crippen LogP contribution in [0.2, 0.25) is 0 Å². The van der Waals surface area contributed by atoms with E-state index in [2.05, 4.69) is 32.9 Å². The summed E-state index contributed by atoms with van der Waals surface area (Å²) in [6.07, 6.45) is 7.20. The van der Waals surface area contributed by atoms with Gasteiger partial charge in [0.05, 0.1) is 11.3 Å². The molecule has 1 aromatic carbocycles. The van der Waals surface area contributed by atoms with Gasteiger partial charge in [0.15, 0.2) is 0 Å². The van der Waals surface area contributed by atoms with Gasteiger partial charge < -0.3 is 5.73 Å². The topological polar surface area (TPSA) is 55.5 Å². The number of aryl methyl sites for hydroxylation is 1. The maximum Gasteiger partial charge on any atom is 0.141 e. The molecule has 1 aliphatic heterocycles. The second kappa shape index (κ2) is 6.79. The number of Topliss-reactive ketones (excluding diaryl/α,β-unsaturated/α-hetero) is 1. The standard InChI is InChI=1S/C21H30N2O/c1-14-9-16-12-21(2,3)23-19(18(16)10-17(14)13-22)11-20(24)15-7-5-4-6-8-15/h9-10,15H,4-8,11-13,22H2,1-3H3. The quantitative estimate of drug-likeness (QED) is 0.905. The van der Waals surface area contributed by atoms with E-state index in [0.717, 1.165) is 36.1 Å². The van der Waals surface area contributed by atoms with Crippen LogP contribution in [-0.2, 0) is 17.8 Å². The van der Waals surface area contributed by atoms with Gasteiger partial charge in [0.1, 0.15) is 5.78 Å². The summed E-state index contributed by atoms with van der Waals surface area (Å²) in [6.45, 7) is 6.97. The van der Waals surface area contributed by atoms with Gasteiger partial charge in [-0.1, -0.05) is 25.3 Å². The van der Waals surface area contributed by atoms with Crippen LogP contribution in [0, 0.1) is 12.8 Å². The molecule has 0 atom stereocenters. The molecule has 1 heterocycles. The fraction of sp³-hybridized carbons (Fsp3) is 0.619. The highest BCUT2D eigenvalue weighted by molar-refractivity contribution is 6.13. The molecular formula is C21H30N2O. The lowest BCUT2D eigenvalue weighted by atomic mass is 9.80. The summed E-state index contributed by atoms with van der Waals surface area (Å²) in [5.74, 6) is 0.626. The normalized spacial score (nSPS) is 20.4. The van der Waals surface area contributed by atoms with Crippen LogP contribution in [0.25, 0.3) is 0 Å². The molecular weight excluding hydrogens is 296 g/mol. The third-order valence-electron chi connectivity index (χ3n) is 5.56. The van der Waals surface area contributed by atoms with Gasteiger partial charge in [-0.3, -0.25) is 9.79 Å². The summed E-state index contributed by atoms with van der Waals surface area (Å²) in [6, 6.07) is 4.42. The Morgan fingerprint density at radius 3 is 2.62 bits per heavy atom. The Hall–Kier alpha value is -1.48. The maximum atomic E-state index is 12.8. The number of carbonyl (C=O) groups excluding carboxylic acids is 1. The number of hydrogen-bond acceptors (Lipinski definition) is 3. The molecule has 1 saturated carbocycles. The molecule has 3 rings (SSSR count). The van der Waals surface area contributed by atoms with Crippen molar-refractivity contribution in [2.75, 3.05) is 0 Å². The number of rotatable bonds is 4. The van der Waals surface area contributed by atoms with Gasteiger partial charge in [0.2, 0.25) is 0 Å². The van der Waals surface area contributed by atoms with Crippen molar-refractivity contribution in [2.24, 2.45) is 16.6 Å². The molecule has 3 nitrogen and oxygen atoms in total. The molecule has 1 fully saturated rings. The third-order valence-corrected chi connectivity index (χ3v) is 5.56. The van der Waals surface area contributed by atoms with Crippen molar-refractivity contribution in [3.05, 3.63) is 34.4 Å². The van der Waals surface area contributed by atoms with Crippen LogP contribution < -0.4 is 5.73 Å². The first-order chi connectivity index (χ1) is 11.4. The van der Waals surface area contributed by atoms with E-state index in [1.807, 2.05) is 0 Å². The Bertz CT molecular complexity index is 667. The first-order valence-electron chi connectivity index (χ1n) is 9.34. The number of hydrogen-bond donors (Lipinski definition) is 1. The fourth-order valence-corrected chi connectivity index (χ4v) is 4.25. The highest BCUT2D eigenvalue weighted by atomic mass is 16.1. The van der Waals surface area contributed by atoms with E-state index < -0.39 is 0 Å². The van der Waals surface area contributed by atoms with Crippen molar-refractivity contribution < 1.29 is 4.79 Å². The molecule has 0 spiro atoms. The van der Waals surface area contributed by atoms with E-state index in [0.29, 0.717) is 18.7 Å². The Labute approximate surface area is 145 Å². The Kier molecular flexibility index (Phi) is 4.91. The van der Waals surface area contributed by atoms with E-state index in [9.17, 15) is 4.79 Å². The summed E-state index contributed by atoms with van der Waals surface area (Å²) in [5.41, 5.74) is 11.6. The van der Waals surface area contributed by atoms with Gasteiger partial charge in [0.25, 0.3) is 0 Å². The molecule has 130 valence electrons. The molecule has 3 heteroatoms. The highest BCUT2D eigenvalue weighted by Crippen LogP contribution is 2.32. The second-order valence-electron chi connectivity index (χ2n) is 8.17. The van der Waals surface area contributed by atoms with Crippen molar-refractivity contribution in [1.29, 1.82) is 0 Å². The van der Waals surface area contributed by atoms with Crippen molar-refractivity contribution in [3.8, 4) is 0 Å². The molecule has 0 unspecified atom stereocenters. The van der Waals surface area contributed by atoms with Crippen molar-refractivity contribution >= 4 is 11.5 Å². The minimum atomic E-state index is -0.133. The van der Waals surface area contributed by atoms with Crippen LogP contribution in [0.4, 0.5) is 0 Å². The van der Waals surface area contributed by atoms with E-state index in [1.165, 1.54) is 30.4 Å². The van der Waals surface area contributed by atoms with Crippen molar-refractivity contribution in [3.63, 3.8) is 0 Å². The number of ketones is 1. The average molecular weight is 326 g/mol. The maximum absolute atomic E-state index is 12.8. The van der Waals surface area contributed by atoms with E-state index in [-0.39, 0.29) is 11.5 Å². The molecule has 24 heavy (non-hydrogen) atoms. The van der Waals surface area contributed by atoms with Crippen LogP contribution in [0.15, 0.2) is 17.1 Å². The Balaban J connectivity index is 1.91. The Morgan fingerprint density at radius 2 is 1.96 bits per heavy atom. The van der Waals surface area contributed by atoms with Gasteiger partial charge in [0, 0.05) is 18.9 Å². The largest absolute Gasteiger partial charge is 0.326 e. The SMILES string of the molecule is Cc1cc2c(cc1CN)C(CC(=O)C1CCCCC1)=NC(C)(C)C2. The van der Waals surface area contributed by atoms with Crippen LogP contribution in [0.1, 0.15) is 74.6 Å². The van der Waals surface area contributed by atoms with Crippen LogP contribution in [0.5, 0.6) is 0 Å². The number of nitrogens with two attached hydrogens (primary N) is 1. The monoisotopic (exact) mass is 326 g/mol. The number of aliphatic imine (C=N–C) groups is 1. The first kappa shape index (κ1) is 17.3. The van der Waals surface area contributed by atoms with Gasteiger partial charge in [-0.05, 0) is 68.4 Å². The highest BCUT2D eigenvalue weighted by Gasteiger charge is 2.30. The van der Waals surface area contributed by atoms with Crippen LogP contribution >= 0.6 is 0 Å². The average Bonchev–Trinajstić information content (AvgIpc) is 2.54. The predicted molar refractivity (Wildman–Crippen MR) is 99.6 cm³/mol. The zero-order valence-corrected chi connectivity index (χ0v) is 15.3. The lowest BCUT2D eigenvalue weighted by molar-refractivity contribution is -0.122. The molecule has 0 amide bonds. The summed E-state index contributed by atoms with van der Waals surface area (Å²) in [5, 5.41) is 0. The van der Waals surface area contributed by atoms with Crippen molar-refractivity contribution in [2.45, 2.75) is 77.8 Å². The number of nitrogens with zero attached hydrogens (tertiary/aromatic N) is 1. The van der Waals surface area contributed by atoms with E-state index in [4.69, 9.17) is 10.7 Å². The minimum absolute atomic E-state index is 0.133. The summed E-state index contributed by atoms with van der Waals surface area (Å²) >= 11 is 0. The zero-order valence-electron chi connectivity index (χ0n) is 15.3. The van der Waals surface area contributed by atoms with Gasteiger partial charge in [-0.15, -0.1) is 0 Å². The van der Waals surface area contributed by atoms with Gasteiger partial charge in [-0.2, -0.15) is 0 Å². The van der Waals surface area contributed by atoms with Crippen molar-refractivity contribution in [1.82, 2.24) is 0 Å². The smallest absolute Gasteiger partial charge is 0.141 e. The predicted octanol–water partition coefficient (Wildman–Crippen LogP) is 4.12. The molecule has 1 aliphatic carbocycles. The molecule has 0 saturated heterocycles. The molecule has 0 aromatic heterocycles. The molecule has 2 aliphatic rings. The molecule has 1 aromatic rings. The minimum Gasteiger partial charge on any atom is -0.326 e. The lowest BCUT2D eigenvalue weighted by Gasteiger charge is -2.30. The number of carbonyl (C=O) groups is 1. The Morgan fingerprint density at radius 1 is 1.25 bits per heavy atom. The first-order valence-corrected chi connectivity index (χ1v) is 9.34. The van der Waals surface area contributed by atoms with E-state index in [1.54, 1.807) is 0 Å². The van der Waals surface area contributed by atoms with Gasteiger partial charge >= 0.3 is 0 Å². The third kappa shape index (κ3) is 3.61.